The standard InChI is InChI=1S/C21H29N5O2S/c1-16-6-8-24(9-7-16)19(27)15-29-21-23-22-20(25-10-12-28-13-11-25)26(21)18-5-3-4-17(2)14-18/h3-5,14,16H,6-13,15H2,1-2H3. The normalized spacial score (nSPS) is 18.3. The highest BCUT2D eigenvalue weighted by Gasteiger charge is 2.24. The van der Waals surface area contributed by atoms with E-state index in [2.05, 4.69) is 51.7 Å². The topological polar surface area (TPSA) is 63.5 Å². The number of carbonyl (C=O) groups excluding carboxylic acids is 1. The molecule has 0 radical (unpaired) electrons. The summed E-state index contributed by atoms with van der Waals surface area (Å²) in [6.07, 6.45) is 2.19. The van der Waals surface area contributed by atoms with Crippen molar-refractivity contribution < 1.29 is 9.53 Å². The third-order valence-corrected chi connectivity index (χ3v) is 6.54. The molecule has 1 amide bonds. The lowest BCUT2D eigenvalue weighted by Crippen LogP contribution is -2.39. The summed E-state index contributed by atoms with van der Waals surface area (Å²) in [4.78, 5) is 16.9. The zero-order valence-electron chi connectivity index (χ0n) is 17.2. The van der Waals surface area contributed by atoms with Crippen molar-refractivity contribution >= 4 is 23.6 Å². The van der Waals surface area contributed by atoms with Crippen LogP contribution in [0.4, 0.5) is 5.95 Å². The van der Waals surface area contributed by atoms with Gasteiger partial charge in [0.2, 0.25) is 11.9 Å². The van der Waals surface area contributed by atoms with Gasteiger partial charge in [0, 0.05) is 26.2 Å². The molecule has 3 heterocycles. The highest BCUT2D eigenvalue weighted by molar-refractivity contribution is 7.99. The highest BCUT2D eigenvalue weighted by Crippen LogP contribution is 2.28. The molecule has 1 aromatic heterocycles. The molecular weight excluding hydrogens is 386 g/mol. The minimum atomic E-state index is 0.189. The van der Waals surface area contributed by atoms with Gasteiger partial charge in [-0.15, -0.1) is 10.2 Å². The average molecular weight is 416 g/mol. The van der Waals surface area contributed by atoms with Gasteiger partial charge in [-0.25, -0.2) is 0 Å². The van der Waals surface area contributed by atoms with Gasteiger partial charge in [0.1, 0.15) is 0 Å². The summed E-state index contributed by atoms with van der Waals surface area (Å²) in [6.45, 7) is 9.03. The highest BCUT2D eigenvalue weighted by atomic mass is 32.2. The minimum Gasteiger partial charge on any atom is -0.378 e. The van der Waals surface area contributed by atoms with E-state index in [9.17, 15) is 4.79 Å². The molecule has 8 heteroatoms. The number of aryl methyl sites for hydroxylation is 1. The third-order valence-electron chi connectivity index (χ3n) is 5.63. The van der Waals surface area contributed by atoms with Gasteiger partial charge in [0.15, 0.2) is 5.16 Å². The molecule has 156 valence electrons. The third kappa shape index (κ3) is 4.75. The van der Waals surface area contributed by atoms with Crippen LogP contribution in [-0.2, 0) is 9.53 Å². The Bertz CT molecular complexity index is 841. The Morgan fingerprint density at radius 1 is 1.17 bits per heavy atom. The number of aromatic nitrogens is 3. The summed E-state index contributed by atoms with van der Waals surface area (Å²) in [5, 5.41) is 9.69. The van der Waals surface area contributed by atoms with Crippen molar-refractivity contribution in [2.24, 2.45) is 5.92 Å². The lowest BCUT2D eigenvalue weighted by Gasteiger charge is -2.30. The Hall–Kier alpha value is -2.06. The van der Waals surface area contributed by atoms with Crippen LogP contribution in [0.2, 0.25) is 0 Å². The van der Waals surface area contributed by atoms with Gasteiger partial charge in [-0.05, 0) is 43.4 Å². The van der Waals surface area contributed by atoms with Gasteiger partial charge in [0.25, 0.3) is 0 Å². The molecule has 2 aliphatic rings. The van der Waals surface area contributed by atoms with Crippen molar-refractivity contribution in [2.45, 2.75) is 31.8 Å². The van der Waals surface area contributed by atoms with Crippen molar-refractivity contribution in [3.63, 3.8) is 0 Å². The van der Waals surface area contributed by atoms with Crippen molar-refractivity contribution in [1.82, 2.24) is 19.7 Å². The second-order valence-corrected chi connectivity index (χ2v) is 8.85. The molecule has 0 unspecified atom stereocenters. The quantitative estimate of drug-likeness (QED) is 0.700. The second-order valence-electron chi connectivity index (χ2n) is 7.91. The molecule has 0 bridgehead atoms. The van der Waals surface area contributed by atoms with E-state index in [-0.39, 0.29) is 5.91 Å². The first kappa shape index (κ1) is 20.2. The van der Waals surface area contributed by atoms with E-state index in [1.165, 1.54) is 17.3 Å². The van der Waals surface area contributed by atoms with Crippen molar-refractivity contribution in [3.8, 4) is 5.69 Å². The fourth-order valence-corrected chi connectivity index (χ4v) is 4.64. The second kappa shape index (κ2) is 9.17. The summed E-state index contributed by atoms with van der Waals surface area (Å²) in [6, 6.07) is 8.32. The van der Waals surface area contributed by atoms with Crippen LogP contribution in [0.25, 0.3) is 5.69 Å². The van der Waals surface area contributed by atoms with E-state index < -0.39 is 0 Å². The van der Waals surface area contributed by atoms with Crippen LogP contribution < -0.4 is 4.90 Å². The molecular formula is C21H29N5O2S. The van der Waals surface area contributed by atoms with Gasteiger partial charge >= 0.3 is 0 Å². The Balaban J connectivity index is 1.54. The maximum atomic E-state index is 12.7. The number of ether oxygens (including phenoxy) is 1. The number of nitrogens with zero attached hydrogens (tertiary/aromatic N) is 5. The Morgan fingerprint density at radius 2 is 1.93 bits per heavy atom. The number of hydrogen-bond acceptors (Lipinski definition) is 6. The lowest BCUT2D eigenvalue weighted by molar-refractivity contribution is -0.129. The number of morpholine rings is 1. The molecule has 0 spiro atoms. The van der Waals surface area contributed by atoms with E-state index in [4.69, 9.17) is 4.74 Å². The molecule has 0 N–H and O–H groups in total. The first-order chi connectivity index (χ1) is 14.1. The fraction of sp³-hybridized carbons (Fsp3) is 0.571. The predicted molar refractivity (Wildman–Crippen MR) is 115 cm³/mol. The van der Waals surface area contributed by atoms with E-state index >= 15 is 0 Å². The van der Waals surface area contributed by atoms with E-state index in [1.807, 2.05) is 11.0 Å². The van der Waals surface area contributed by atoms with Crippen LogP contribution in [0, 0.1) is 12.8 Å². The lowest BCUT2D eigenvalue weighted by atomic mass is 9.99. The number of piperidine rings is 1. The number of rotatable bonds is 5. The van der Waals surface area contributed by atoms with E-state index in [0.717, 1.165) is 55.8 Å². The van der Waals surface area contributed by atoms with Crippen molar-refractivity contribution in [3.05, 3.63) is 29.8 Å². The molecule has 29 heavy (non-hydrogen) atoms. The first-order valence-corrected chi connectivity index (χ1v) is 11.4. The maximum Gasteiger partial charge on any atom is 0.233 e. The Labute approximate surface area is 176 Å². The van der Waals surface area contributed by atoms with Gasteiger partial charge in [-0.2, -0.15) is 0 Å². The number of amides is 1. The first-order valence-electron chi connectivity index (χ1n) is 10.4. The Kier molecular flexibility index (Phi) is 6.40. The molecule has 4 rings (SSSR count). The zero-order valence-corrected chi connectivity index (χ0v) is 18.0. The van der Waals surface area contributed by atoms with Gasteiger partial charge in [0.05, 0.1) is 24.7 Å². The number of benzene rings is 1. The molecule has 7 nitrogen and oxygen atoms in total. The van der Waals surface area contributed by atoms with E-state index in [0.29, 0.717) is 24.9 Å². The maximum absolute atomic E-state index is 12.7. The van der Waals surface area contributed by atoms with Crippen LogP contribution in [0.3, 0.4) is 0 Å². The summed E-state index contributed by atoms with van der Waals surface area (Å²) < 4.78 is 7.57. The van der Waals surface area contributed by atoms with Crippen LogP contribution >= 0.6 is 11.8 Å². The average Bonchev–Trinajstić information content (AvgIpc) is 3.17. The summed E-state index contributed by atoms with van der Waals surface area (Å²) in [5.74, 6) is 2.11. The van der Waals surface area contributed by atoms with Crippen LogP contribution in [0.15, 0.2) is 29.4 Å². The molecule has 2 aromatic rings. The number of carbonyl (C=O) groups is 1. The summed E-state index contributed by atoms with van der Waals surface area (Å²) >= 11 is 1.48. The molecule has 1 aromatic carbocycles. The largest absolute Gasteiger partial charge is 0.378 e. The van der Waals surface area contributed by atoms with Crippen LogP contribution in [0.1, 0.15) is 25.3 Å². The number of anilines is 1. The number of hydrogen-bond donors (Lipinski definition) is 0. The molecule has 2 aliphatic heterocycles. The van der Waals surface area contributed by atoms with Crippen molar-refractivity contribution in [1.29, 1.82) is 0 Å². The number of thioether (sulfide) groups is 1. The zero-order chi connectivity index (χ0) is 20.2. The minimum absolute atomic E-state index is 0.189. The van der Waals surface area contributed by atoms with Gasteiger partial charge in [-0.1, -0.05) is 30.8 Å². The Morgan fingerprint density at radius 3 is 2.66 bits per heavy atom. The van der Waals surface area contributed by atoms with Crippen LogP contribution in [-0.4, -0.2) is 70.7 Å². The van der Waals surface area contributed by atoms with Crippen molar-refractivity contribution in [2.75, 3.05) is 50.0 Å². The van der Waals surface area contributed by atoms with Gasteiger partial charge in [-0.3, -0.25) is 9.36 Å². The SMILES string of the molecule is Cc1cccc(-n2c(SCC(=O)N3CCC(C)CC3)nnc2N2CCOCC2)c1. The van der Waals surface area contributed by atoms with Gasteiger partial charge < -0.3 is 14.5 Å². The predicted octanol–water partition coefficient (Wildman–Crippen LogP) is 2.76. The molecule has 0 atom stereocenters. The molecule has 2 saturated heterocycles. The van der Waals surface area contributed by atoms with E-state index in [1.54, 1.807) is 0 Å². The molecule has 2 fully saturated rings. The fourth-order valence-electron chi connectivity index (χ4n) is 3.79. The smallest absolute Gasteiger partial charge is 0.233 e. The monoisotopic (exact) mass is 415 g/mol. The number of likely N-dealkylation sites (tertiary alicyclic amines) is 1. The molecule has 0 saturated carbocycles. The molecule has 0 aliphatic carbocycles. The summed E-state index contributed by atoms with van der Waals surface area (Å²) in [7, 11) is 0. The summed E-state index contributed by atoms with van der Waals surface area (Å²) in [5.41, 5.74) is 2.21. The van der Waals surface area contributed by atoms with Crippen LogP contribution in [0.5, 0.6) is 0 Å².